The van der Waals surface area contributed by atoms with Crippen LogP contribution in [0.5, 0.6) is 0 Å². The van der Waals surface area contributed by atoms with Crippen LogP contribution in [0, 0.1) is 0 Å². The Labute approximate surface area is 330 Å². The van der Waals surface area contributed by atoms with E-state index >= 15 is 0 Å². The second-order valence-corrected chi connectivity index (χ2v) is 15.4. The van der Waals surface area contributed by atoms with Crippen LogP contribution in [0.1, 0.15) is 0 Å². The summed E-state index contributed by atoms with van der Waals surface area (Å²) in [5, 5.41) is 7.11. The number of benzene rings is 8. The van der Waals surface area contributed by atoms with Crippen LogP contribution in [0.25, 0.3) is 115 Å². The zero-order chi connectivity index (χ0) is 37.5. The lowest BCUT2D eigenvalue weighted by Gasteiger charge is -2.13. The molecule has 0 N–H and O–H groups in total. The highest BCUT2D eigenvalue weighted by molar-refractivity contribution is 7.26. The summed E-state index contributed by atoms with van der Waals surface area (Å²) in [5.74, 6) is 1.75. The van der Waals surface area contributed by atoms with E-state index in [1.54, 1.807) is 0 Å². The Hall–Kier alpha value is -7.41. The smallest absolute Gasteiger partial charge is 0.167 e. The van der Waals surface area contributed by atoms with Gasteiger partial charge in [-0.3, -0.25) is 0 Å². The first-order chi connectivity index (χ1) is 28.3. The van der Waals surface area contributed by atoms with E-state index in [0.717, 1.165) is 66.5 Å². The molecule has 6 heteroatoms. The maximum absolute atomic E-state index is 6.87. The predicted molar refractivity (Wildman–Crippen MR) is 236 cm³/mol. The molecule has 0 bridgehead atoms. The van der Waals surface area contributed by atoms with Gasteiger partial charge in [0.15, 0.2) is 17.5 Å². The molecule has 0 fully saturated rings. The molecule has 266 valence electrons. The predicted octanol–water partition coefficient (Wildman–Crippen LogP) is 13.9. The Bertz CT molecular complexity index is 3530. The van der Waals surface area contributed by atoms with Gasteiger partial charge in [-0.1, -0.05) is 140 Å². The summed E-state index contributed by atoms with van der Waals surface area (Å²) in [6.07, 6.45) is 0. The highest BCUT2D eigenvalue weighted by atomic mass is 32.1. The highest BCUT2D eigenvalue weighted by Crippen LogP contribution is 2.46. The Morgan fingerprint density at radius 3 is 1.91 bits per heavy atom. The van der Waals surface area contributed by atoms with Crippen LogP contribution in [0.2, 0.25) is 0 Å². The van der Waals surface area contributed by atoms with E-state index < -0.39 is 0 Å². The van der Waals surface area contributed by atoms with Crippen molar-refractivity contribution in [2.45, 2.75) is 0 Å². The topological polar surface area (TPSA) is 56.7 Å². The molecule has 0 aliphatic rings. The van der Waals surface area contributed by atoms with E-state index in [-0.39, 0.29) is 0 Å². The fourth-order valence-corrected chi connectivity index (χ4v) is 9.74. The van der Waals surface area contributed by atoms with Crippen molar-refractivity contribution >= 4 is 75.3 Å². The molecular formula is C51H30N4OS. The Balaban J connectivity index is 1.13. The third kappa shape index (κ3) is 4.98. The monoisotopic (exact) mass is 746 g/mol. The molecule has 57 heavy (non-hydrogen) atoms. The number of furan rings is 1. The van der Waals surface area contributed by atoms with Gasteiger partial charge in [-0.25, -0.2) is 15.0 Å². The van der Waals surface area contributed by atoms with Gasteiger partial charge in [0, 0.05) is 47.5 Å². The number of fused-ring (bicyclic) bond motifs is 10. The van der Waals surface area contributed by atoms with Crippen LogP contribution in [-0.2, 0) is 0 Å². The van der Waals surface area contributed by atoms with Crippen LogP contribution in [-0.4, -0.2) is 19.5 Å². The van der Waals surface area contributed by atoms with Gasteiger partial charge < -0.3 is 8.98 Å². The average Bonchev–Trinajstić information content (AvgIpc) is 3.97. The number of para-hydroxylation sites is 2. The van der Waals surface area contributed by atoms with Gasteiger partial charge in [0.1, 0.15) is 11.2 Å². The zero-order valence-corrected chi connectivity index (χ0v) is 31.2. The molecule has 12 aromatic rings. The summed E-state index contributed by atoms with van der Waals surface area (Å²) in [5.41, 5.74) is 9.74. The number of rotatable bonds is 5. The van der Waals surface area contributed by atoms with E-state index in [4.69, 9.17) is 19.4 Å². The van der Waals surface area contributed by atoms with E-state index in [1.165, 1.54) is 30.9 Å². The number of aromatic nitrogens is 4. The van der Waals surface area contributed by atoms with Crippen molar-refractivity contribution in [2.24, 2.45) is 0 Å². The van der Waals surface area contributed by atoms with Gasteiger partial charge in [0.2, 0.25) is 0 Å². The maximum atomic E-state index is 6.87. The molecule has 12 rings (SSSR count). The lowest BCUT2D eigenvalue weighted by atomic mass is 10.0. The largest absolute Gasteiger partial charge is 0.455 e. The molecular weight excluding hydrogens is 717 g/mol. The molecule has 0 saturated heterocycles. The first-order valence-electron chi connectivity index (χ1n) is 19.0. The summed E-state index contributed by atoms with van der Waals surface area (Å²) in [4.78, 5) is 15.4. The van der Waals surface area contributed by atoms with Crippen LogP contribution in [0.4, 0.5) is 0 Å². The van der Waals surface area contributed by atoms with Crippen LogP contribution >= 0.6 is 11.3 Å². The Morgan fingerprint density at radius 2 is 1.07 bits per heavy atom. The Morgan fingerprint density at radius 1 is 0.421 bits per heavy atom. The van der Waals surface area contributed by atoms with Gasteiger partial charge in [0.25, 0.3) is 0 Å². The Kier molecular flexibility index (Phi) is 7.03. The maximum Gasteiger partial charge on any atom is 0.167 e. The molecule has 0 aliphatic carbocycles. The highest BCUT2D eigenvalue weighted by Gasteiger charge is 2.24. The summed E-state index contributed by atoms with van der Waals surface area (Å²) in [6.45, 7) is 0. The quantitative estimate of drug-likeness (QED) is 0.176. The van der Waals surface area contributed by atoms with Crippen molar-refractivity contribution < 1.29 is 4.42 Å². The van der Waals surface area contributed by atoms with Crippen molar-refractivity contribution in [3.8, 4) is 51.0 Å². The van der Waals surface area contributed by atoms with E-state index in [2.05, 4.69) is 138 Å². The van der Waals surface area contributed by atoms with Crippen molar-refractivity contribution in [3.05, 3.63) is 182 Å². The van der Waals surface area contributed by atoms with Crippen LogP contribution in [0.15, 0.2) is 186 Å². The minimum atomic E-state index is 0.550. The molecule has 0 atom stereocenters. The first-order valence-corrected chi connectivity index (χ1v) is 19.8. The standard InChI is InChI=1S/C51H30N4OS/c1-3-14-31(15-4-1)33-18-13-19-34(30-33)50-52-49(32-16-5-2-6-17-32)53-51(54-50)39-27-29-41(45-38-22-8-11-24-43(38)56-47(39)45)55-40-23-10-7-21-37(40)46-42(55)28-26-36-35-20-9-12-25-44(35)57-48(36)46/h1-30H. The molecule has 8 aromatic carbocycles. The summed E-state index contributed by atoms with van der Waals surface area (Å²) in [7, 11) is 0. The van der Waals surface area contributed by atoms with Gasteiger partial charge in [-0.2, -0.15) is 0 Å². The minimum Gasteiger partial charge on any atom is -0.455 e. The number of hydrogen-bond acceptors (Lipinski definition) is 5. The summed E-state index contributed by atoms with van der Waals surface area (Å²) in [6, 6.07) is 63.6. The summed E-state index contributed by atoms with van der Waals surface area (Å²) >= 11 is 1.87. The number of thiophene rings is 1. The molecule has 0 amide bonds. The molecule has 0 saturated carbocycles. The summed E-state index contributed by atoms with van der Waals surface area (Å²) < 4.78 is 11.9. The molecule has 4 aromatic heterocycles. The van der Waals surface area contributed by atoms with E-state index in [9.17, 15) is 0 Å². The van der Waals surface area contributed by atoms with E-state index in [1.807, 2.05) is 59.9 Å². The molecule has 0 aliphatic heterocycles. The van der Waals surface area contributed by atoms with E-state index in [0.29, 0.717) is 17.5 Å². The second kappa shape index (κ2) is 12.6. The fourth-order valence-electron chi connectivity index (χ4n) is 8.48. The second-order valence-electron chi connectivity index (χ2n) is 14.3. The van der Waals surface area contributed by atoms with Crippen molar-refractivity contribution in [1.82, 2.24) is 19.5 Å². The minimum absolute atomic E-state index is 0.550. The van der Waals surface area contributed by atoms with Gasteiger partial charge >= 0.3 is 0 Å². The van der Waals surface area contributed by atoms with Crippen molar-refractivity contribution in [3.63, 3.8) is 0 Å². The number of nitrogens with zero attached hydrogens (tertiary/aromatic N) is 4. The van der Waals surface area contributed by atoms with Crippen LogP contribution < -0.4 is 0 Å². The third-order valence-electron chi connectivity index (χ3n) is 11.1. The lowest BCUT2D eigenvalue weighted by Crippen LogP contribution is -2.01. The molecule has 5 nitrogen and oxygen atoms in total. The number of hydrogen-bond donors (Lipinski definition) is 0. The molecule has 0 spiro atoms. The molecule has 4 heterocycles. The van der Waals surface area contributed by atoms with Crippen LogP contribution in [0.3, 0.4) is 0 Å². The normalized spacial score (nSPS) is 11.9. The van der Waals surface area contributed by atoms with Gasteiger partial charge in [-0.15, -0.1) is 11.3 Å². The SMILES string of the molecule is c1ccc(-c2cccc(-c3nc(-c4ccccc4)nc(-c4ccc(-n5c6ccccc6c6c7sc8ccccc8c7ccc65)c5c4oc4ccccc45)n3)c2)cc1. The zero-order valence-electron chi connectivity index (χ0n) is 30.4. The van der Waals surface area contributed by atoms with Gasteiger partial charge in [-0.05, 0) is 53.6 Å². The fraction of sp³-hybridized carbons (Fsp3) is 0. The van der Waals surface area contributed by atoms with Gasteiger partial charge in [0.05, 0.1) is 27.7 Å². The first kappa shape index (κ1) is 31.9. The molecule has 0 unspecified atom stereocenters. The average molecular weight is 747 g/mol. The molecule has 0 radical (unpaired) electrons. The third-order valence-corrected chi connectivity index (χ3v) is 12.3. The van der Waals surface area contributed by atoms with Crippen molar-refractivity contribution in [1.29, 1.82) is 0 Å². The van der Waals surface area contributed by atoms with Crippen molar-refractivity contribution in [2.75, 3.05) is 0 Å². The lowest BCUT2D eigenvalue weighted by molar-refractivity contribution is 0.669.